The summed E-state index contributed by atoms with van der Waals surface area (Å²) >= 11 is 0. The molecule has 0 bridgehead atoms. The second kappa shape index (κ2) is 3.37. The van der Waals surface area contributed by atoms with E-state index in [1.54, 1.807) is 12.1 Å². The molecule has 66 valence electrons. The summed E-state index contributed by atoms with van der Waals surface area (Å²) in [6, 6.07) is 6.20. The highest BCUT2D eigenvalue weighted by molar-refractivity contribution is 7.61. The first-order valence-corrected chi connectivity index (χ1v) is 4.87. The van der Waals surface area contributed by atoms with Crippen LogP contribution in [0.4, 0.5) is 0 Å². The first-order chi connectivity index (χ1) is 5.56. The van der Waals surface area contributed by atoms with Gasteiger partial charge in [-0.1, -0.05) is 17.7 Å². The van der Waals surface area contributed by atoms with Crippen LogP contribution in [-0.2, 0) is 9.24 Å². The van der Waals surface area contributed by atoms with E-state index in [-0.39, 0.29) is 5.30 Å². The second-order valence-corrected chi connectivity index (χ2v) is 4.16. The quantitative estimate of drug-likeness (QED) is 0.417. The third-order valence-electron chi connectivity index (χ3n) is 1.47. The summed E-state index contributed by atoms with van der Waals surface area (Å²) in [6.45, 7) is 1.85. The molecule has 0 spiro atoms. The Labute approximate surface area is 69.9 Å². The van der Waals surface area contributed by atoms with Crippen molar-refractivity contribution in [1.29, 1.82) is 0 Å². The van der Waals surface area contributed by atoms with Gasteiger partial charge in [-0.2, -0.15) is 0 Å². The molecule has 0 heterocycles. The van der Waals surface area contributed by atoms with E-state index < -0.39 is 7.60 Å². The molecule has 1 aromatic rings. The Kier molecular flexibility index (Phi) is 2.65. The van der Waals surface area contributed by atoms with Crippen LogP contribution in [0.25, 0.3) is 0 Å². The lowest BCUT2D eigenvalue weighted by Gasteiger charge is -2.05. The van der Waals surface area contributed by atoms with Crippen molar-refractivity contribution in [1.82, 2.24) is 0 Å². The molecule has 0 aliphatic rings. The molecule has 12 heavy (non-hydrogen) atoms. The number of aryl methyl sites for hydroxylation is 1. The van der Waals surface area contributed by atoms with Crippen LogP contribution in [0, 0.1) is 6.92 Å². The summed E-state index contributed by atoms with van der Waals surface area (Å²) in [7, 11) is -3.99. The molecular formula is C7H9O4P. The predicted octanol–water partition coefficient (Wildman–Crippen LogP) is 1.30. The first kappa shape index (κ1) is 9.42. The highest BCUT2D eigenvalue weighted by atomic mass is 31.2. The van der Waals surface area contributed by atoms with Crippen LogP contribution in [0.1, 0.15) is 5.56 Å². The van der Waals surface area contributed by atoms with Gasteiger partial charge in [0.05, 0.1) is 5.30 Å². The molecular weight excluding hydrogens is 179 g/mol. The van der Waals surface area contributed by atoms with E-state index in [1.807, 2.05) is 6.92 Å². The lowest BCUT2D eigenvalue weighted by molar-refractivity contribution is -0.143. The van der Waals surface area contributed by atoms with Crippen molar-refractivity contribution in [3.63, 3.8) is 0 Å². The van der Waals surface area contributed by atoms with E-state index in [0.717, 1.165) is 5.56 Å². The van der Waals surface area contributed by atoms with E-state index in [1.165, 1.54) is 12.1 Å². The second-order valence-electron chi connectivity index (χ2n) is 2.44. The topological polar surface area (TPSA) is 66.8 Å². The Morgan fingerprint density at radius 1 is 1.33 bits per heavy atom. The molecule has 1 rings (SSSR count). The highest BCUT2D eigenvalue weighted by Gasteiger charge is 2.21. The van der Waals surface area contributed by atoms with E-state index in [0.29, 0.717) is 0 Å². The standard InChI is InChI=1S/C7H9O4P/c1-6-2-4-7(5-3-6)12(9,10)11-8/h2-5,8H,1H3,(H,9,10). The fourth-order valence-corrected chi connectivity index (χ4v) is 1.40. The largest absolute Gasteiger partial charge is 0.385 e. The maximum atomic E-state index is 11.0. The summed E-state index contributed by atoms with van der Waals surface area (Å²) in [4.78, 5) is 8.97. The molecule has 0 fully saturated rings. The minimum Gasteiger partial charge on any atom is -0.319 e. The van der Waals surface area contributed by atoms with Gasteiger partial charge in [-0.05, 0) is 19.1 Å². The van der Waals surface area contributed by atoms with Crippen LogP contribution < -0.4 is 5.30 Å². The SMILES string of the molecule is Cc1ccc(P(=O)(O)OO)cc1. The lowest BCUT2D eigenvalue weighted by atomic mass is 10.2. The Bertz CT molecular complexity index is 306. The molecule has 0 aliphatic heterocycles. The summed E-state index contributed by atoms with van der Waals surface area (Å²) in [5.41, 5.74) is 0.969. The Morgan fingerprint density at radius 2 is 1.83 bits per heavy atom. The average Bonchev–Trinajstić information content (AvgIpc) is 2.05. The van der Waals surface area contributed by atoms with Crippen molar-refractivity contribution in [2.24, 2.45) is 0 Å². The fourth-order valence-electron chi connectivity index (χ4n) is 0.780. The van der Waals surface area contributed by atoms with Crippen molar-refractivity contribution in [2.75, 3.05) is 0 Å². The van der Waals surface area contributed by atoms with Gasteiger partial charge in [0.2, 0.25) is 0 Å². The van der Waals surface area contributed by atoms with Gasteiger partial charge < -0.3 is 4.89 Å². The van der Waals surface area contributed by atoms with Gasteiger partial charge in [0.1, 0.15) is 0 Å². The monoisotopic (exact) mass is 188 g/mol. The Balaban J connectivity index is 3.05. The van der Waals surface area contributed by atoms with E-state index in [4.69, 9.17) is 10.2 Å². The molecule has 2 N–H and O–H groups in total. The molecule has 5 heteroatoms. The molecule has 1 atom stereocenters. The van der Waals surface area contributed by atoms with Crippen molar-refractivity contribution < 1.29 is 19.4 Å². The number of benzene rings is 1. The highest BCUT2D eigenvalue weighted by Crippen LogP contribution is 2.38. The summed E-state index contributed by atoms with van der Waals surface area (Å²) in [5, 5.41) is 8.18. The van der Waals surface area contributed by atoms with Gasteiger partial charge in [0.15, 0.2) is 0 Å². The minimum atomic E-state index is -3.99. The first-order valence-electron chi connectivity index (χ1n) is 3.29. The van der Waals surface area contributed by atoms with Gasteiger partial charge in [0.25, 0.3) is 0 Å². The van der Waals surface area contributed by atoms with Gasteiger partial charge in [-0.15, -0.1) is 4.67 Å². The third kappa shape index (κ3) is 1.93. The van der Waals surface area contributed by atoms with Crippen LogP contribution in [0.15, 0.2) is 24.3 Å². The number of hydrogen-bond donors (Lipinski definition) is 2. The molecule has 0 radical (unpaired) electrons. The van der Waals surface area contributed by atoms with Crippen molar-refractivity contribution in [2.45, 2.75) is 6.92 Å². The Morgan fingerprint density at radius 3 is 2.25 bits per heavy atom. The maximum absolute atomic E-state index is 11.0. The molecule has 0 saturated carbocycles. The minimum absolute atomic E-state index is 0.0793. The van der Waals surface area contributed by atoms with E-state index >= 15 is 0 Å². The van der Waals surface area contributed by atoms with Crippen molar-refractivity contribution in [3.05, 3.63) is 29.8 Å². The van der Waals surface area contributed by atoms with Crippen molar-refractivity contribution >= 4 is 12.9 Å². The average molecular weight is 188 g/mol. The number of rotatable bonds is 2. The lowest BCUT2D eigenvalue weighted by Crippen LogP contribution is -2.04. The molecule has 1 unspecified atom stereocenters. The number of hydrogen-bond acceptors (Lipinski definition) is 3. The maximum Gasteiger partial charge on any atom is 0.385 e. The van der Waals surface area contributed by atoms with E-state index in [2.05, 4.69) is 4.67 Å². The van der Waals surface area contributed by atoms with Crippen LogP contribution in [0.5, 0.6) is 0 Å². The van der Waals surface area contributed by atoms with E-state index in [9.17, 15) is 4.57 Å². The molecule has 1 aromatic carbocycles. The predicted molar refractivity (Wildman–Crippen MR) is 44.4 cm³/mol. The van der Waals surface area contributed by atoms with Crippen LogP contribution in [0.3, 0.4) is 0 Å². The molecule has 0 amide bonds. The van der Waals surface area contributed by atoms with Crippen LogP contribution in [-0.4, -0.2) is 10.2 Å². The van der Waals surface area contributed by atoms with Crippen molar-refractivity contribution in [3.8, 4) is 0 Å². The zero-order chi connectivity index (χ0) is 9.19. The fraction of sp³-hybridized carbons (Fsp3) is 0.143. The molecule has 0 aliphatic carbocycles. The summed E-state index contributed by atoms with van der Waals surface area (Å²) < 4.78 is 14.5. The van der Waals surface area contributed by atoms with Crippen LogP contribution in [0.2, 0.25) is 0 Å². The zero-order valence-electron chi connectivity index (χ0n) is 6.47. The molecule has 4 nitrogen and oxygen atoms in total. The van der Waals surface area contributed by atoms with Crippen LogP contribution >= 0.6 is 7.60 Å². The zero-order valence-corrected chi connectivity index (χ0v) is 7.36. The molecule has 0 aromatic heterocycles. The smallest absolute Gasteiger partial charge is 0.319 e. The molecule has 0 saturated heterocycles. The van der Waals surface area contributed by atoms with Gasteiger partial charge >= 0.3 is 7.60 Å². The summed E-state index contributed by atoms with van der Waals surface area (Å²) in [6.07, 6.45) is 0. The normalized spacial score (nSPS) is 15.6. The summed E-state index contributed by atoms with van der Waals surface area (Å²) in [5.74, 6) is 0. The third-order valence-corrected chi connectivity index (χ3v) is 2.64. The van der Waals surface area contributed by atoms with Gasteiger partial charge in [-0.3, -0.25) is 4.57 Å². The van der Waals surface area contributed by atoms with Gasteiger partial charge in [-0.25, -0.2) is 5.26 Å². The van der Waals surface area contributed by atoms with Gasteiger partial charge in [0, 0.05) is 0 Å². The Hall–Kier alpha value is -0.670.